The summed E-state index contributed by atoms with van der Waals surface area (Å²) in [6, 6.07) is -0.688. The lowest BCUT2D eigenvalue weighted by Crippen LogP contribution is -2.38. The molecule has 0 aromatic heterocycles. The number of hydrogen-bond acceptors (Lipinski definition) is 6. The number of carbonyl (C=O) groups excluding carboxylic acids is 2. The van der Waals surface area contributed by atoms with Crippen molar-refractivity contribution < 1.29 is 29.0 Å². The van der Waals surface area contributed by atoms with Gasteiger partial charge in [0.1, 0.15) is 17.7 Å². The molecule has 0 aliphatic carbocycles. The number of carboxylic acid groups (broad SMARTS) is 1. The van der Waals surface area contributed by atoms with Crippen LogP contribution < -0.4 is 16.0 Å². The highest BCUT2D eigenvalue weighted by Crippen LogP contribution is 2.10. The number of amides is 2. The molecule has 0 spiro atoms. The van der Waals surface area contributed by atoms with E-state index in [1.807, 2.05) is 0 Å². The minimum absolute atomic E-state index is 0.181. The molecule has 1 aliphatic heterocycles. The van der Waals surface area contributed by atoms with Gasteiger partial charge in [-0.3, -0.25) is 4.79 Å². The van der Waals surface area contributed by atoms with E-state index in [2.05, 4.69) is 16.0 Å². The summed E-state index contributed by atoms with van der Waals surface area (Å²) in [4.78, 5) is 33.6. The summed E-state index contributed by atoms with van der Waals surface area (Å²) in [6.07, 6.45) is -1.45. The molecule has 2 unspecified atom stereocenters. The topological polar surface area (TPSA) is 126 Å². The Morgan fingerprint density at radius 2 is 1.77 bits per heavy atom. The summed E-state index contributed by atoms with van der Waals surface area (Å²) < 4.78 is 10.1. The van der Waals surface area contributed by atoms with Crippen LogP contribution in [0.4, 0.5) is 9.59 Å². The molecule has 22 heavy (non-hydrogen) atoms. The van der Waals surface area contributed by atoms with E-state index in [0.29, 0.717) is 6.54 Å². The first-order valence-electron chi connectivity index (χ1n) is 7.05. The van der Waals surface area contributed by atoms with Crippen LogP contribution in [0.25, 0.3) is 0 Å². The fourth-order valence-electron chi connectivity index (χ4n) is 1.82. The third-order valence-corrected chi connectivity index (χ3v) is 2.72. The second-order valence-electron chi connectivity index (χ2n) is 5.92. The van der Waals surface area contributed by atoms with Gasteiger partial charge < -0.3 is 30.5 Å². The normalized spacial score (nSPS) is 21.0. The molecule has 1 saturated heterocycles. The zero-order valence-corrected chi connectivity index (χ0v) is 13.0. The molecule has 126 valence electrons. The second-order valence-corrected chi connectivity index (χ2v) is 5.92. The predicted molar refractivity (Wildman–Crippen MR) is 76.6 cm³/mol. The minimum atomic E-state index is -0.965. The molecule has 4 N–H and O–H groups in total. The molecule has 0 radical (unpaired) electrons. The Balaban J connectivity index is 2.12. The number of carboxylic acids is 1. The summed E-state index contributed by atoms with van der Waals surface area (Å²) in [5.74, 6) is -0.965. The van der Waals surface area contributed by atoms with Gasteiger partial charge in [-0.15, -0.1) is 0 Å². The molecule has 0 bridgehead atoms. The molecular weight excluding hydrogens is 294 g/mol. The number of alkyl carbamates (subject to hydrolysis) is 2. The SMILES string of the molecule is CC(C)(C)OC(=O)NCCNC(=O)OC1CNC(C(=O)O)C1. The third kappa shape index (κ3) is 7.11. The third-order valence-electron chi connectivity index (χ3n) is 2.72. The van der Waals surface area contributed by atoms with Crippen LogP contribution in [0.15, 0.2) is 0 Å². The molecule has 2 atom stereocenters. The van der Waals surface area contributed by atoms with Crippen LogP contribution in [-0.2, 0) is 14.3 Å². The van der Waals surface area contributed by atoms with E-state index in [0.717, 1.165) is 0 Å². The lowest BCUT2D eigenvalue weighted by molar-refractivity contribution is -0.139. The van der Waals surface area contributed by atoms with Gasteiger partial charge in [-0.1, -0.05) is 0 Å². The Kier molecular flexibility index (Phi) is 6.41. The molecule has 1 fully saturated rings. The van der Waals surface area contributed by atoms with E-state index in [4.69, 9.17) is 14.6 Å². The van der Waals surface area contributed by atoms with Crippen LogP contribution in [0.5, 0.6) is 0 Å². The lowest BCUT2D eigenvalue weighted by atomic mass is 10.2. The van der Waals surface area contributed by atoms with Gasteiger partial charge in [0.15, 0.2) is 0 Å². The fourth-order valence-corrected chi connectivity index (χ4v) is 1.82. The van der Waals surface area contributed by atoms with Crippen LogP contribution >= 0.6 is 0 Å². The van der Waals surface area contributed by atoms with Crippen molar-refractivity contribution in [2.45, 2.75) is 44.9 Å². The number of ether oxygens (including phenoxy) is 2. The Bertz CT molecular complexity index is 420. The fraction of sp³-hybridized carbons (Fsp3) is 0.769. The van der Waals surface area contributed by atoms with E-state index in [-0.39, 0.29) is 19.5 Å². The van der Waals surface area contributed by atoms with Crippen LogP contribution in [-0.4, -0.2) is 60.6 Å². The minimum Gasteiger partial charge on any atom is -0.480 e. The predicted octanol–water partition coefficient (Wildman–Crippen LogP) is 0.0524. The maximum Gasteiger partial charge on any atom is 0.407 e. The molecule has 9 nitrogen and oxygen atoms in total. The first kappa shape index (κ1) is 18.0. The number of nitrogens with one attached hydrogen (secondary N) is 3. The summed E-state index contributed by atoms with van der Waals surface area (Å²) in [5.41, 5.74) is -0.577. The van der Waals surface area contributed by atoms with Gasteiger partial charge in [-0.05, 0) is 20.8 Å². The van der Waals surface area contributed by atoms with Gasteiger partial charge in [0.05, 0.1) is 0 Å². The summed E-state index contributed by atoms with van der Waals surface area (Å²) >= 11 is 0. The summed E-state index contributed by atoms with van der Waals surface area (Å²) in [7, 11) is 0. The van der Waals surface area contributed by atoms with Gasteiger partial charge in [0, 0.05) is 26.1 Å². The molecule has 2 amide bonds. The molecule has 1 heterocycles. The number of rotatable bonds is 5. The van der Waals surface area contributed by atoms with E-state index in [9.17, 15) is 14.4 Å². The van der Waals surface area contributed by atoms with Crippen molar-refractivity contribution in [2.24, 2.45) is 0 Å². The highest BCUT2D eigenvalue weighted by molar-refractivity contribution is 5.74. The van der Waals surface area contributed by atoms with E-state index >= 15 is 0 Å². The van der Waals surface area contributed by atoms with Crippen molar-refractivity contribution in [1.29, 1.82) is 0 Å². The van der Waals surface area contributed by atoms with Gasteiger partial charge in [-0.25, -0.2) is 9.59 Å². The molecule has 0 saturated carbocycles. The highest BCUT2D eigenvalue weighted by atomic mass is 16.6. The van der Waals surface area contributed by atoms with Gasteiger partial charge >= 0.3 is 18.2 Å². The Labute approximate surface area is 128 Å². The number of hydrogen-bond donors (Lipinski definition) is 4. The maximum atomic E-state index is 11.5. The van der Waals surface area contributed by atoms with Crippen LogP contribution in [0.3, 0.4) is 0 Å². The zero-order valence-electron chi connectivity index (χ0n) is 13.0. The van der Waals surface area contributed by atoms with Crippen molar-refractivity contribution >= 4 is 18.2 Å². The number of carbonyl (C=O) groups is 3. The largest absolute Gasteiger partial charge is 0.480 e. The van der Waals surface area contributed by atoms with Crippen molar-refractivity contribution in [3.63, 3.8) is 0 Å². The smallest absolute Gasteiger partial charge is 0.407 e. The van der Waals surface area contributed by atoms with Gasteiger partial charge in [0.2, 0.25) is 0 Å². The monoisotopic (exact) mass is 317 g/mol. The maximum absolute atomic E-state index is 11.5. The summed E-state index contributed by atoms with van der Waals surface area (Å²) in [6.45, 7) is 5.94. The summed E-state index contributed by atoms with van der Waals surface area (Å²) in [5, 5.41) is 16.5. The second kappa shape index (κ2) is 7.83. The molecule has 1 aliphatic rings. The lowest BCUT2D eigenvalue weighted by Gasteiger charge is -2.19. The van der Waals surface area contributed by atoms with Crippen molar-refractivity contribution in [3.8, 4) is 0 Å². The number of aliphatic carboxylic acids is 1. The van der Waals surface area contributed by atoms with Crippen molar-refractivity contribution in [3.05, 3.63) is 0 Å². The van der Waals surface area contributed by atoms with Crippen molar-refractivity contribution in [1.82, 2.24) is 16.0 Å². The zero-order chi connectivity index (χ0) is 16.8. The molecule has 1 rings (SSSR count). The van der Waals surface area contributed by atoms with E-state index in [1.54, 1.807) is 20.8 Å². The molecule has 0 aromatic rings. The Hall–Kier alpha value is -2.03. The first-order valence-corrected chi connectivity index (χ1v) is 7.05. The van der Waals surface area contributed by atoms with Crippen molar-refractivity contribution in [2.75, 3.05) is 19.6 Å². The standard InChI is InChI=1S/C13H23N3O6/c1-13(2,3)22-12(20)15-5-4-14-11(19)21-8-6-9(10(17)18)16-7-8/h8-9,16H,4-7H2,1-3H3,(H,14,19)(H,15,20)(H,17,18). The molecule has 9 heteroatoms. The average molecular weight is 317 g/mol. The van der Waals surface area contributed by atoms with Gasteiger partial charge in [-0.2, -0.15) is 0 Å². The first-order chi connectivity index (χ1) is 10.2. The van der Waals surface area contributed by atoms with E-state index in [1.165, 1.54) is 0 Å². The van der Waals surface area contributed by atoms with Gasteiger partial charge in [0.25, 0.3) is 0 Å². The van der Waals surface area contributed by atoms with Crippen LogP contribution in [0, 0.1) is 0 Å². The average Bonchev–Trinajstić information content (AvgIpc) is 2.81. The Morgan fingerprint density at radius 1 is 1.18 bits per heavy atom. The Morgan fingerprint density at radius 3 is 2.27 bits per heavy atom. The quantitative estimate of drug-likeness (QED) is 0.528. The molecule has 0 aromatic carbocycles. The van der Waals surface area contributed by atoms with Crippen LogP contribution in [0.2, 0.25) is 0 Å². The highest BCUT2D eigenvalue weighted by Gasteiger charge is 2.31. The van der Waals surface area contributed by atoms with Crippen LogP contribution in [0.1, 0.15) is 27.2 Å². The van der Waals surface area contributed by atoms with E-state index < -0.39 is 35.9 Å². The molecular formula is C13H23N3O6.